The first kappa shape index (κ1) is 14.9. The molecule has 2 rings (SSSR count). The van der Waals surface area contributed by atoms with Crippen molar-refractivity contribution in [2.75, 3.05) is 0 Å². The lowest BCUT2D eigenvalue weighted by molar-refractivity contribution is 0.417. The topological polar surface area (TPSA) is 42.7 Å². The first-order valence-corrected chi connectivity index (χ1v) is 6.78. The van der Waals surface area contributed by atoms with Gasteiger partial charge in [0.1, 0.15) is 12.1 Å². The Morgan fingerprint density at radius 1 is 1.35 bits per heavy atom. The van der Waals surface area contributed by atoms with E-state index in [9.17, 15) is 4.39 Å². The molecule has 0 saturated heterocycles. The minimum atomic E-state index is -0.331. The fourth-order valence-electron chi connectivity index (χ4n) is 1.66. The molecule has 0 amide bonds. The molecule has 0 aliphatic heterocycles. The molecule has 0 saturated carbocycles. The predicted octanol–water partition coefficient (Wildman–Crippen LogP) is 3.01. The van der Waals surface area contributed by atoms with Crippen molar-refractivity contribution in [1.29, 1.82) is 0 Å². The maximum absolute atomic E-state index is 13.7. The van der Waals surface area contributed by atoms with Gasteiger partial charge in [-0.3, -0.25) is 0 Å². The van der Waals surface area contributed by atoms with E-state index in [2.05, 4.69) is 36.2 Å². The molecule has 0 unspecified atom stereocenters. The molecule has 6 heteroatoms. The largest absolute Gasteiger partial charge is 0.305 e. The standard InChI is InChI=1S/C14H18ClFN4/c1-14(2,3)18-7-13-17-9-20(19-13)8-10-4-5-11(15)6-12(10)16/h4-6,9,18H,7-8H2,1-3H3. The summed E-state index contributed by atoms with van der Waals surface area (Å²) in [6.07, 6.45) is 1.60. The summed E-state index contributed by atoms with van der Waals surface area (Å²) < 4.78 is 15.3. The molecule has 0 fully saturated rings. The lowest BCUT2D eigenvalue weighted by Gasteiger charge is -2.19. The molecule has 1 heterocycles. The van der Waals surface area contributed by atoms with Gasteiger partial charge in [-0.1, -0.05) is 17.7 Å². The minimum absolute atomic E-state index is 0.00769. The molecule has 1 N–H and O–H groups in total. The molecule has 0 atom stereocenters. The van der Waals surface area contributed by atoms with Crippen LogP contribution in [0, 0.1) is 5.82 Å². The predicted molar refractivity (Wildman–Crippen MR) is 77.1 cm³/mol. The number of halogens is 2. The second kappa shape index (κ2) is 5.89. The molecular weight excluding hydrogens is 279 g/mol. The molecule has 0 aliphatic rings. The molecule has 1 aromatic heterocycles. The van der Waals surface area contributed by atoms with E-state index in [1.165, 1.54) is 6.07 Å². The van der Waals surface area contributed by atoms with Crippen LogP contribution in [-0.2, 0) is 13.1 Å². The second-order valence-corrected chi connectivity index (χ2v) is 6.13. The Morgan fingerprint density at radius 3 is 2.75 bits per heavy atom. The van der Waals surface area contributed by atoms with Crippen molar-refractivity contribution in [2.24, 2.45) is 0 Å². The van der Waals surface area contributed by atoms with Crippen molar-refractivity contribution in [3.8, 4) is 0 Å². The number of hydrogen-bond acceptors (Lipinski definition) is 3. The monoisotopic (exact) mass is 296 g/mol. The normalized spacial score (nSPS) is 11.8. The molecule has 0 aliphatic carbocycles. The van der Waals surface area contributed by atoms with E-state index in [0.717, 1.165) is 0 Å². The van der Waals surface area contributed by atoms with Crippen LogP contribution < -0.4 is 5.32 Å². The zero-order valence-electron chi connectivity index (χ0n) is 11.8. The number of rotatable bonds is 4. The summed E-state index contributed by atoms with van der Waals surface area (Å²) in [5.41, 5.74) is 0.544. The van der Waals surface area contributed by atoms with E-state index < -0.39 is 0 Å². The van der Waals surface area contributed by atoms with Gasteiger partial charge in [0.2, 0.25) is 0 Å². The fourth-order valence-corrected chi connectivity index (χ4v) is 1.82. The highest BCUT2D eigenvalue weighted by atomic mass is 35.5. The highest BCUT2D eigenvalue weighted by Gasteiger charge is 2.11. The van der Waals surface area contributed by atoms with Gasteiger partial charge in [-0.05, 0) is 32.9 Å². The molecule has 4 nitrogen and oxygen atoms in total. The van der Waals surface area contributed by atoms with Gasteiger partial charge in [-0.25, -0.2) is 14.1 Å². The maximum Gasteiger partial charge on any atom is 0.164 e. The smallest absolute Gasteiger partial charge is 0.164 e. The summed E-state index contributed by atoms with van der Waals surface area (Å²) >= 11 is 5.72. The van der Waals surface area contributed by atoms with Gasteiger partial charge in [0.15, 0.2) is 5.82 Å². The Kier molecular flexibility index (Phi) is 4.40. The third-order valence-electron chi connectivity index (χ3n) is 2.71. The number of benzene rings is 1. The maximum atomic E-state index is 13.7. The van der Waals surface area contributed by atoms with Crippen molar-refractivity contribution in [1.82, 2.24) is 20.1 Å². The molecule has 0 bridgehead atoms. The van der Waals surface area contributed by atoms with Crippen molar-refractivity contribution < 1.29 is 4.39 Å². The Bertz CT molecular complexity index is 589. The number of hydrogen-bond donors (Lipinski definition) is 1. The van der Waals surface area contributed by atoms with Crippen LogP contribution in [0.5, 0.6) is 0 Å². The summed E-state index contributed by atoms with van der Waals surface area (Å²) in [4.78, 5) is 4.20. The van der Waals surface area contributed by atoms with E-state index in [1.807, 2.05) is 0 Å². The summed E-state index contributed by atoms with van der Waals surface area (Å²) in [6, 6.07) is 4.63. The quantitative estimate of drug-likeness (QED) is 0.943. The van der Waals surface area contributed by atoms with Gasteiger partial charge in [0.05, 0.1) is 13.1 Å². The Morgan fingerprint density at radius 2 is 2.10 bits per heavy atom. The zero-order valence-corrected chi connectivity index (χ0v) is 12.6. The van der Waals surface area contributed by atoms with Crippen molar-refractivity contribution in [3.63, 3.8) is 0 Å². The van der Waals surface area contributed by atoms with Crippen molar-refractivity contribution in [3.05, 3.63) is 46.8 Å². The second-order valence-electron chi connectivity index (χ2n) is 5.70. The molecule has 2 aromatic rings. The number of nitrogens with one attached hydrogen (secondary N) is 1. The van der Waals surface area contributed by atoms with Crippen LogP contribution in [0.4, 0.5) is 4.39 Å². The summed E-state index contributed by atoms with van der Waals surface area (Å²) in [6.45, 7) is 7.15. The first-order valence-electron chi connectivity index (χ1n) is 6.41. The molecule has 1 aromatic carbocycles. The summed E-state index contributed by atoms with van der Waals surface area (Å²) in [7, 11) is 0. The van der Waals surface area contributed by atoms with Crippen LogP contribution in [0.3, 0.4) is 0 Å². The lowest BCUT2D eigenvalue weighted by Crippen LogP contribution is -2.35. The number of aromatic nitrogens is 3. The average Bonchev–Trinajstić information content (AvgIpc) is 2.77. The molecular formula is C14H18ClFN4. The lowest BCUT2D eigenvalue weighted by atomic mass is 10.1. The molecule has 108 valence electrons. The Labute approximate surface area is 123 Å². The van der Waals surface area contributed by atoms with Crippen molar-refractivity contribution in [2.45, 2.75) is 39.4 Å². The van der Waals surface area contributed by atoms with Crippen LogP contribution in [0.25, 0.3) is 0 Å². The van der Waals surface area contributed by atoms with E-state index in [1.54, 1.807) is 23.1 Å². The highest BCUT2D eigenvalue weighted by Crippen LogP contribution is 2.15. The third kappa shape index (κ3) is 4.28. The molecule has 20 heavy (non-hydrogen) atoms. The number of nitrogens with zero attached hydrogens (tertiary/aromatic N) is 3. The SMILES string of the molecule is CC(C)(C)NCc1ncn(Cc2ccc(Cl)cc2F)n1. The zero-order chi connectivity index (χ0) is 14.8. The van der Waals surface area contributed by atoms with Crippen LogP contribution >= 0.6 is 11.6 Å². The Hall–Kier alpha value is -1.46. The minimum Gasteiger partial charge on any atom is -0.305 e. The van der Waals surface area contributed by atoms with Gasteiger partial charge < -0.3 is 5.32 Å². The van der Waals surface area contributed by atoms with Crippen LogP contribution in [-0.4, -0.2) is 20.3 Å². The summed E-state index contributed by atoms with van der Waals surface area (Å²) in [5.74, 6) is 0.358. The van der Waals surface area contributed by atoms with Gasteiger partial charge in [-0.2, -0.15) is 5.10 Å². The average molecular weight is 297 g/mol. The van der Waals surface area contributed by atoms with Crippen LogP contribution in [0.2, 0.25) is 5.02 Å². The van der Waals surface area contributed by atoms with Gasteiger partial charge in [-0.15, -0.1) is 0 Å². The van der Waals surface area contributed by atoms with E-state index >= 15 is 0 Å². The van der Waals surface area contributed by atoms with Crippen LogP contribution in [0.15, 0.2) is 24.5 Å². The molecule has 0 radical (unpaired) electrons. The first-order chi connectivity index (χ1) is 9.33. The van der Waals surface area contributed by atoms with Crippen LogP contribution in [0.1, 0.15) is 32.2 Å². The van der Waals surface area contributed by atoms with Gasteiger partial charge in [0, 0.05) is 16.1 Å². The van der Waals surface area contributed by atoms with E-state index in [-0.39, 0.29) is 11.4 Å². The van der Waals surface area contributed by atoms with Crippen molar-refractivity contribution >= 4 is 11.6 Å². The van der Waals surface area contributed by atoms with E-state index in [4.69, 9.17) is 11.6 Å². The summed E-state index contributed by atoms with van der Waals surface area (Å²) in [5, 5.41) is 8.01. The fraction of sp³-hybridized carbons (Fsp3) is 0.429. The van der Waals surface area contributed by atoms with E-state index in [0.29, 0.717) is 29.5 Å². The van der Waals surface area contributed by atoms with Gasteiger partial charge >= 0.3 is 0 Å². The highest BCUT2D eigenvalue weighted by molar-refractivity contribution is 6.30. The Balaban J connectivity index is 2.02. The third-order valence-corrected chi connectivity index (χ3v) is 2.94. The molecule has 0 spiro atoms. The van der Waals surface area contributed by atoms with Gasteiger partial charge in [0.25, 0.3) is 0 Å².